The van der Waals surface area contributed by atoms with Crippen LogP contribution in [0.15, 0.2) is 41.4 Å². The first-order valence-electron chi connectivity index (χ1n) is 7.11. The van der Waals surface area contributed by atoms with Gasteiger partial charge in [-0.2, -0.15) is 0 Å². The highest BCUT2D eigenvalue weighted by atomic mass is 32.2. The summed E-state index contributed by atoms with van der Waals surface area (Å²) in [6.45, 7) is 0.728. The van der Waals surface area contributed by atoms with Crippen LogP contribution in [0.4, 0.5) is 5.95 Å². The number of carbonyl (C=O) groups is 1. The number of fused-ring (bicyclic) bond motifs is 1. The van der Waals surface area contributed by atoms with Crippen molar-refractivity contribution < 1.29 is 13.2 Å². The fourth-order valence-corrected chi connectivity index (χ4v) is 3.72. The summed E-state index contributed by atoms with van der Waals surface area (Å²) in [5.41, 5.74) is 7.09. The van der Waals surface area contributed by atoms with E-state index in [2.05, 4.69) is 9.97 Å². The minimum atomic E-state index is -3.45. The van der Waals surface area contributed by atoms with Gasteiger partial charge in [-0.05, 0) is 12.1 Å². The van der Waals surface area contributed by atoms with E-state index in [-0.39, 0.29) is 28.9 Å². The van der Waals surface area contributed by atoms with Crippen molar-refractivity contribution in [2.45, 2.75) is 24.4 Å². The number of nitrogens with zero attached hydrogens (tertiary/aromatic N) is 3. The Balaban J connectivity index is 1.63. The summed E-state index contributed by atoms with van der Waals surface area (Å²) in [6, 6.07) is 8.13. The van der Waals surface area contributed by atoms with Crippen molar-refractivity contribution in [1.29, 1.82) is 0 Å². The van der Waals surface area contributed by atoms with Gasteiger partial charge >= 0.3 is 0 Å². The average Bonchev–Trinajstić information content (AvgIpc) is 2.96. The van der Waals surface area contributed by atoms with Gasteiger partial charge in [0.1, 0.15) is 0 Å². The molecule has 0 radical (unpaired) electrons. The number of benzene rings is 1. The Morgan fingerprint density at radius 3 is 2.70 bits per heavy atom. The molecule has 1 amide bonds. The maximum absolute atomic E-state index is 12.3. The quantitative estimate of drug-likeness (QED) is 0.886. The summed E-state index contributed by atoms with van der Waals surface area (Å²) < 4.78 is 24.4. The van der Waals surface area contributed by atoms with Crippen LogP contribution in [0.3, 0.4) is 0 Å². The summed E-state index contributed by atoms with van der Waals surface area (Å²) in [5, 5.41) is 0. The summed E-state index contributed by atoms with van der Waals surface area (Å²) in [6.07, 6.45) is 1.54. The van der Waals surface area contributed by atoms with E-state index in [1.54, 1.807) is 29.3 Å². The predicted molar refractivity (Wildman–Crippen MR) is 83.8 cm³/mol. The number of hydrogen-bond donors (Lipinski definition) is 1. The molecule has 0 fully saturated rings. The van der Waals surface area contributed by atoms with Crippen molar-refractivity contribution in [3.63, 3.8) is 0 Å². The lowest BCUT2D eigenvalue weighted by molar-refractivity contribution is -0.131. The molecule has 23 heavy (non-hydrogen) atoms. The monoisotopic (exact) mass is 332 g/mol. The molecule has 120 valence electrons. The highest BCUT2D eigenvalue weighted by Crippen LogP contribution is 2.22. The molecule has 2 N–H and O–H groups in total. The number of amides is 1. The first-order valence-corrected chi connectivity index (χ1v) is 8.77. The molecule has 0 unspecified atom stereocenters. The second-order valence-corrected chi connectivity index (χ2v) is 7.44. The van der Waals surface area contributed by atoms with Crippen molar-refractivity contribution in [2.24, 2.45) is 0 Å². The molecular formula is C15H16N4O3S. The molecule has 0 atom stereocenters. The van der Waals surface area contributed by atoms with E-state index in [1.807, 2.05) is 0 Å². The molecule has 3 rings (SSSR count). The topological polar surface area (TPSA) is 106 Å². The largest absolute Gasteiger partial charge is 0.368 e. The van der Waals surface area contributed by atoms with Crippen molar-refractivity contribution >= 4 is 21.7 Å². The van der Waals surface area contributed by atoms with Crippen LogP contribution in [0.25, 0.3) is 0 Å². The molecule has 2 heterocycles. The molecule has 1 aromatic carbocycles. The van der Waals surface area contributed by atoms with E-state index in [0.717, 1.165) is 11.3 Å². The zero-order valence-corrected chi connectivity index (χ0v) is 13.2. The van der Waals surface area contributed by atoms with E-state index in [4.69, 9.17) is 5.73 Å². The number of anilines is 1. The summed E-state index contributed by atoms with van der Waals surface area (Å²) in [7, 11) is -3.45. The number of hydrogen-bond acceptors (Lipinski definition) is 6. The molecular weight excluding hydrogens is 316 g/mol. The van der Waals surface area contributed by atoms with Gasteiger partial charge in [0.25, 0.3) is 0 Å². The molecule has 0 spiro atoms. The van der Waals surface area contributed by atoms with Gasteiger partial charge in [0, 0.05) is 24.7 Å². The Morgan fingerprint density at radius 1 is 1.22 bits per heavy atom. The van der Waals surface area contributed by atoms with Crippen LogP contribution in [0.5, 0.6) is 0 Å². The Morgan fingerprint density at radius 2 is 1.96 bits per heavy atom. The minimum absolute atomic E-state index is 0.0614. The fourth-order valence-electron chi connectivity index (χ4n) is 2.47. The Labute approximate surface area is 134 Å². The zero-order chi connectivity index (χ0) is 16.4. The van der Waals surface area contributed by atoms with Crippen LogP contribution >= 0.6 is 0 Å². The summed E-state index contributed by atoms with van der Waals surface area (Å²) in [4.78, 5) is 22.1. The van der Waals surface area contributed by atoms with E-state index in [9.17, 15) is 13.2 Å². The molecule has 0 saturated heterocycles. The highest BCUT2D eigenvalue weighted by molar-refractivity contribution is 7.91. The zero-order valence-electron chi connectivity index (χ0n) is 12.3. The van der Waals surface area contributed by atoms with Gasteiger partial charge in [0.15, 0.2) is 9.84 Å². The normalized spacial score (nSPS) is 13.8. The van der Waals surface area contributed by atoms with Crippen LogP contribution in [-0.2, 0) is 27.7 Å². The van der Waals surface area contributed by atoms with Crippen LogP contribution in [0.1, 0.15) is 17.7 Å². The number of sulfone groups is 1. The van der Waals surface area contributed by atoms with Crippen LogP contribution in [0.2, 0.25) is 0 Å². The van der Waals surface area contributed by atoms with E-state index in [1.165, 1.54) is 12.1 Å². The molecule has 1 aromatic heterocycles. The molecule has 0 aliphatic carbocycles. The molecule has 7 nitrogen and oxygen atoms in total. The third-order valence-corrected chi connectivity index (χ3v) is 5.45. The van der Waals surface area contributed by atoms with Gasteiger partial charge < -0.3 is 10.6 Å². The first-order chi connectivity index (χ1) is 11.0. The van der Waals surface area contributed by atoms with E-state index < -0.39 is 9.84 Å². The smallest absolute Gasteiger partial charge is 0.224 e. The number of aromatic nitrogens is 2. The maximum atomic E-state index is 12.3. The molecule has 0 saturated carbocycles. The molecule has 8 heteroatoms. The maximum Gasteiger partial charge on any atom is 0.224 e. The van der Waals surface area contributed by atoms with Crippen molar-refractivity contribution in [3.05, 3.63) is 47.8 Å². The Bertz CT molecular complexity index is 837. The summed E-state index contributed by atoms with van der Waals surface area (Å²) >= 11 is 0. The minimum Gasteiger partial charge on any atom is -0.368 e. The second-order valence-electron chi connectivity index (χ2n) is 5.33. The lowest BCUT2D eigenvalue weighted by atomic mass is 10.3. The number of rotatable bonds is 4. The molecule has 1 aliphatic heterocycles. The SMILES string of the molecule is Nc1ncc2c(n1)CN(C(=O)CCS(=O)(=O)c1ccccc1)C2. The van der Waals surface area contributed by atoms with Gasteiger partial charge in [0.05, 0.1) is 22.9 Å². The standard InChI is InChI=1S/C15H16N4O3S/c16-15-17-8-11-9-19(10-13(11)18-15)14(20)6-7-23(21,22)12-4-2-1-3-5-12/h1-5,8H,6-7,9-10H2,(H2,16,17,18). The number of carbonyl (C=O) groups excluding carboxylic acids is 1. The Hall–Kier alpha value is -2.48. The molecule has 1 aliphatic rings. The van der Waals surface area contributed by atoms with Crippen LogP contribution in [0, 0.1) is 0 Å². The lowest BCUT2D eigenvalue weighted by Crippen LogP contribution is -2.27. The van der Waals surface area contributed by atoms with E-state index in [0.29, 0.717) is 13.1 Å². The second kappa shape index (κ2) is 5.96. The van der Waals surface area contributed by atoms with Crippen molar-refractivity contribution in [2.75, 3.05) is 11.5 Å². The summed E-state index contributed by atoms with van der Waals surface area (Å²) in [5.74, 6) is -0.262. The predicted octanol–water partition coefficient (Wildman–Crippen LogP) is 0.765. The van der Waals surface area contributed by atoms with Crippen LogP contribution in [-0.4, -0.2) is 34.9 Å². The van der Waals surface area contributed by atoms with Crippen LogP contribution < -0.4 is 5.73 Å². The third kappa shape index (κ3) is 3.31. The van der Waals surface area contributed by atoms with Crippen molar-refractivity contribution in [1.82, 2.24) is 14.9 Å². The number of nitrogens with two attached hydrogens (primary N) is 1. The van der Waals surface area contributed by atoms with Gasteiger partial charge in [-0.3, -0.25) is 4.79 Å². The van der Waals surface area contributed by atoms with Gasteiger partial charge in [-0.15, -0.1) is 0 Å². The highest BCUT2D eigenvalue weighted by Gasteiger charge is 2.26. The van der Waals surface area contributed by atoms with Gasteiger partial charge in [-0.25, -0.2) is 18.4 Å². The Kier molecular flexibility index (Phi) is 3.99. The number of nitrogen functional groups attached to an aromatic ring is 1. The van der Waals surface area contributed by atoms with E-state index >= 15 is 0 Å². The average molecular weight is 332 g/mol. The van der Waals surface area contributed by atoms with Gasteiger partial charge in [-0.1, -0.05) is 18.2 Å². The molecule has 0 bridgehead atoms. The van der Waals surface area contributed by atoms with Gasteiger partial charge in [0.2, 0.25) is 11.9 Å². The van der Waals surface area contributed by atoms with Crippen molar-refractivity contribution in [3.8, 4) is 0 Å². The third-order valence-electron chi connectivity index (χ3n) is 3.71. The lowest BCUT2D eigenvalue weighted by Gasteiger charge is -2.14. The first kappa shape index (κ1) is 15.4. The fraction of sp³-hybridized carbons (Fsp3) is 0.267. The molecule has 2 aromatic rings.